The van der Waals surface area contributed by atoms with Crippen LogP contribution in [0.3, 0.4) is 0 Å². The zero-order chi connectivity index (χ0) is 19.4. The lowest BCUT2D eigenvalue weighted by atomic mass is 10.3. The Morgan fingerprint density at radius 2 is 1.81 bits per heavy atom. The minimum atomic E-state index is -4.03. The molecule has 1 amide bonds. The number of alkyl carbamates (subject to hydrolysis) is 1. The van der Waals surface area contributed by atoms with Crippen LogP contribution in [0.25, 0.3) is 0 Å². The number of hydrogen-bond acceptors (Lipinski definition) is 9. The second kappa shape index (κ2) is 7.76. The monoisotopic (exact) mass is 409 g/mol. The average Bonchev–Trinajstić information content (AvgIpc) is 2.67. The molecule has 0 unspecified atom stereocenters. The molecule has 9 nitrogen and oxygen atoms in total. The summed E-state index contributed by atoms with van der Waals surface area (Å²) in [5.41, 5.74) is 0.929. The quantitative estimate of drug-likeness (QED) is 0.585. The number of methoxy groups -OCH3 is 2. The van der Waals surface area contributed by atoms with E-state index >= 15 is 0 Å². The number of rotatable bonds is 4. The van der Waals surface area contributed by atoms with E-state index in [-0.39, 0.29) is 15.8 Å². The van der Waals surface area contributed by atoms with Gasteiger partial charge in [-0.25, -0.2) is 9.79 Å². The van der Waals surface area contributed by atoms with Crippen molar-refractivity contribution in [2.45, 2.75) is 4.90 Å². The summed E-state index contributed by atoms with van der Waals surface area (Å²) in [6, 6.07) is 10.5. The van der Waals surface area contributed by atoms with Crippen LogP contribution in [-0.4, -0.2) is 33.9 Å². The summed E-state index contributed by atoms with van der Waals surface area (Å²) in [5, 5.41) is 2.71. The van der Waals surface area contributed by atoms with Crippen LogP contribution in [0.2, 0.25) is 0 Å². The Kier molecular flexibility index (Phi) is 5.42. The molecule has 1 heterocycles. The fraction of sp³-hybridized carbons (Fsp3) is 0.125. The smallest absolute Gasteiger partial charge is 0.412 e. The molecule has 0 aliphatic carbocycles. The maximum atomic E-state index is 12.5. The van der Waals surface area contributed by atoms with Crippen LogP contribution in [0.1, 0.15) is 0 Å². The van der Waals surface area contributed by atoms with Gasteiger partial charge in [0, 0.05) is 11.9 Å². The third kappa shape index (κ3) is 4.44. The van der Waals surface area contributed by atoms with E-state index < -0.39 is 16.2 Å². The number of hydrogen-bond donors (Lipinski definition) is 2. The fourth-order valence-corrected chi connectivity index (χ4v) is 3.69. The maximum absolute atomic E-state index is 12.5. The first-order valence-electron chi connectivity index (χ1n) is 7.50. The van der Waals surface area contributed by atoms with Crippen LogP contribution in [-0.2, 0) is 14.9 Å². The summed E-state index contributed by atoms with van der Waals surface area (Å²) in [4.78, 5) is 15.4. The zero-order valence-electron chi connectivity index (χ0n) is 14.3. The molecule has 3 rings (SSSR count). The van der Waals surface area contributed by atoms with E-state index in [4.69, 9.17) is 8.92 Å². The van der Waals surface area contributed by atoms with Gasteiger partial charge in [-0.2, -0.15) is 8.42 Å². The molecular weight excluding hydrogens is 394 g/mol. The molecule has 0 fully saturated rings. The molecule has 0 saturated carbocycles. The number of carbonyl (C=O) groups is 1. The highest BCUT2D eigenvalue weighted by molar-refractivity contribution is 8.15. The lowest BCUT2D eigenvalue weighted by Gasteiger charge is -2.17. The normalized spacial score (nSPS) is 12.9. The first-order chi connectivity index (χ1) is 12.9. The molecule has 0 spiro atoms. The number of ether oxygens (including phenoxy) is 2. The largest absolute Gasteiger partial charge is 0.497 e. The molecule has 1 aliphatic rings. The summed E-state index contributed by atoms with van der Waals surface area (Å²) < 4.78 is 42.6. The number of amidine groups is 1. The highest BCUT2D eigenvalue weighted by Gasteiger charge is 2.21. The second-order valence-electron chi connectivity index (χ2n) is 5.13. The Morgan fingerprint density at radius 1 is 1.11 bits per heavy atom. The van der Waals surface area contributed by atoms with Gasteiger partial charge in [0.15, 0.2) is 5.17 Å². The topological polar surface area (TPSA) is 115 Å². The summed E-state index contributed by atoms with van der Waals surface area (Å²) in [5.74, 6) is 0.752. The number of anilines is 1. The molecule has 2 aromatic carbocycles. The predicted molar refractivity (Wildman–Crippen MR) is 101 cm³/mol. The fourth-order valence-electron chi connectivity index (χ4n) is 2.08. The minimum absolute atomic E-state index is 0.0373. The highest BCUT2D eigenvalue weighted by atomic mass is 32.2. The molecule has 2 aromatic rings. The second-order valence-corrected chi connectivity index (χ2v) is 7.47. The van der Waals surface area contributed by atoms with E-state index in [2.05, 4.69) is 19.8 Å². The molecule has 0 bridgehead atoms. The lowest BCUT2D eigenvalue weighted by Crippen LogP contribution is -2.29. The third-order valence-corrected chi connectivity index (χ3v) is 5.35. The van der Waals surface area contributed by atoms with Crippen molar-refractivity contribution in [2.75, 3.05) is 18.9 Å². The Bertz CT molecular complexity index is 990. The van der Waals surface area contributed by atoms with Crippen molar-refractivity contribution in [2.24, 2.45) is 4.99 Å². The van der Waals surface area contributed by atoms with Crippen LogP contribution in [0.5, 0.6) is 11.5 Å². The van der Waals surface area contributed by atoms with Gasteiger partial charge in [0.2, 0.25) is 0 Å². The minimum Gasteiger partial charge on any atom is -0.497 e. The average molecular weight is 409 g/mol. The maximum Gasteiger partial charge on any atom is 0.412 e. The van der Waals surface area contributed by atoms with Crippen molar-refractivity contribution in [1.82, 2.24) is 5.32 Å². The molecule has 0 atom stereocenters. The zero-order valence-corrected chi connectivity index (χ0v) is 15.9. The summed E-state index contributed by atoms with van der Waals surface area (Å²) in [6.07, 6.45) is -0.654. The van der Waals surface area contributed by atoms with Gasteiger partial charge in [0.05, 0.1) is 25.6 Å². The Labute approximate surface area is 160 Å². The molecule has 0 saturated heterocycles. The number of nitrogens with zero attached hydrogens (tertiary/aromatic N) is 1. The van der Waals surface area contributed by atoms with Crippen molar-refractivity contribution in [1.29, 1.82) is 0 Å². The van der Waals surface area contributed by atoms with Crippen molar-refractivity contribution in [3.05, 3.63) is 42.5 Å². The molecular formula is C16H15N3O6S2. The number of nitrogens with one attached hydrogen (secondary N) is 2. The molecule has 11 heteroatoms. The van der Waals surface area contributed by atoms with Gasteiger partial charge in [0.25, 0.3) is 0 Å². The molecule has 142 valence electrons. The Hall–Kier alpha value is -2.92. The van der Waals surface area contributed by atoms with E-state index in [1.165, 1.54) is 44.6 Å². The Balaban J connectivity index is 1.80. The molecule has 1 aliphatic heterocycles. The third-order valence-electron chi connectivity index (χ3n) is 3.40. The van der Waals surface area contributed by atoms with Crippen molar-refractivity contribution >= 4 is 44.7 Å². The molecule has 2 N–H and O–H groups in total. The van der Waals surface area contributed by atoms with E-state index in [9.17, 15) is 13.2 Å². The van der Waals surface area contributed by atoms with E-state index in [1.54, 1.807) is 12.1 Å². The summed E-state index contributed by atoms with van der Waals surface area (Å²) in [6.45, 7) is 0. The molecule has 27 heavy (non-hydrogen) atoms. The van der Waals surface area contributed by atoms with Crippen LogP contribution >= 0.6 is 11.9 Å². The first kappa shape index (κ1) is 18.9. The van der Waals surface area contributed by atoms with Gasteiger partial charge >= 0.3 is 16.2 Å². The number of benzene rings is 2. The van der Waals surface area contributed by atoms with Gasteiger partial charge in [-0.05, 0) is 42.5 Å². The standard InChI is InChI=1S/C16H15N3O6S2/c1-23-10-3-5-11(6-4-10)25-27(21,22)12-7-8-13-14(9-12)19-26-15(17-13)18-16(20)24-2/h3-9,19H,1-2H3,(H,17,18,20). The number of fused-ring (bicyclic) bond motifs is 1. The lowest BCUT2D eigenvalue weighted by molar-refractivity contribution is 0.177. The van der Waals surface area contributed by atoms with Gasteiger partial charge in [-0.3, -0.25) is 5.32 Å². The van der Waals surface area contributed by atoms with Crippen molar-refractivity contribution < 1.29 is 26.9 Å². The van der Waals surface area contributed by atoms with Crippen molar-refractivity contribution in [3.8, 4) is 11.5 Å². The predicted octanol–water partition coefficient (Wildman–Crippen LogP) is 2.88. The van der Waals surface area contributed by atoms with Gasteiger partial charge < -0.3 is 18.4 Å². The Morgan fingerprint density at radius 3 is 2.48 bits per heavy atom. The van der Waals surface area contributed by atoms with Crippen LogP contribution < -0.4 is 19.0 Å². The SMILES string of the molecule is COC(=O)NC1=Nc2ccc(S(=O)(=O)Oc3ccc(OC)cc3)cc2NS1. The van der Waals surface area contributed by atoms with Gasteiger partial charge in [-0.1, -0.05) is 0 Å². The van der Waals surface area contributed by atoms with Crippen LogP contribution in [0, 0.1) is 0 Å². The van der Waals surface area contributed by atoms with Crippen LogP contribution in [0.4, 0.5) is 16.2 Å². The highest BCUT2D eigenvalue weighted by Crippen LogP contribution is 2.35. The van der Waals surface area contributed by atoms with E-state index in [1.807, 2.05) is 0 Å². The number of aliphatic imine (C=N–C) groups is 1. The van der Waals surface area contributed by atoms with Crippen LogP contribution in [0.15, 0.2) is 52.4 Å². The first-order valence-corrected chi connectivity index (χ1v) is 9.73. The van der Waals surface area contributed by atoms with E-state index in [0.29, 0.717) is 17.1 Å². The number of amides is 1. The number of carbonyl (C=O) groups excluding carboxylic acids is 1. The van der Waals surface area contributed by atoms with Gasteiger partial charge in [-0.15, -0.1) is 0 Å². The summed E-state index contributed by atoms with van der Waals surface area (Å²) >= 11 is 1.02. The molecule has 0 aromatic heterocycles. The van der Waals surface area contributed by atoms with Crippen molar-refractivity contribution in [3.63, 3.8) is 0 Å². The van der Waals surface area contributed by atoms with E-state index in [0.717, 1.165) is 11.9 Å². The van der Waals surface area contributed by atoms with Gasteiger partial charge in [0.1, 0.15) is 16.4 Å². The summed E-state index contributed by atoms with van der Waals surface area (Å²) in [7, 11) is -1.28. The molecule has 0 radical (unpaired) electrons.